The lowest BCUT2D eigenvalue weighted by Gasteiger charge is -2.27. The number of nitrogens with zero attached hydrogens (tertiary/aromatic N) is 2. The zero-order valence-electron chi connectivity index (χ0n) is 14.1. The number of rotatable bonds is 6. The Kier molecular flexibility index (Phi) is 5.95. The van der Waals surface area contributed by atoms with E-state index in [0.29, 0.717) is 12.4 Å². The SMILES string of the molecule is FC(F)(F)Oc1ccc(NCc2ccccc2CN2CCOCC2)nc1. The van der Waals surface area contributed by atoms with E-state index < -0.39 is 6.36 Å². The average molecular weight is 367 g/mol. The Morgan fingerprint density at radius 1 is 1.08 bits per heavy atom. The molecule has 3 rings (SSSR count). The third kappa shape index (κ3) is 5.60. The van der Waals surface area contributed by atoms with Gasteiger partial charge in [-0.2, -0.15) is 0 Å². The molecule has 1 aromatic heterocycles. The minimum Gasteiger partial charge on any atom is -0.404 e. The fourth-order valence-corrected chi connectivity index (χ4v) is 2.75. The van der Waals surface area contributed by atoms with Gasteiger partial charge in [0.2, 0.25) is 0 Å². The standard InChI is InChI=1S/C18H20F3N3O2/c19-18(20,21)26-16-5-6-17(23-12-16)22-11-14-3-1-2-4-15(14)13-24-7-9-25-10-8-24/h1-6,12H,7-11,13H2,(H,22,23). The van der Waals surface area contributed by atoms with E-state index in [1.165, 1.54) is 17.7 Å². The van der Waals surface area contributed by atoms with Crippen LogP contribution in [0.25, 0.3) is 0 Å². The summed E-state index contributed by atoms with van der Waals surface area (Å²) < 4.78 is 45.7. The molecule has 5 nitrogen and oxygen atoms in total. The van der Waals surface area contributed by atoms with E-state index in [0.717, 1.165) is 44.6 Å². The number of hydrogen-bond donors (Lipinski definition) is 1. The van der Waals surface area contributed by atoms with Gasteiger partial charge in [0.25, 0.3) is 0 Å². The summed E-state index contributed by atoms with van der Waals surface area (Å²) in [7, 11) is 0. The summed E-state index contributed by atoms with van der Waals surface area (Å²) in [4.78, 5) is 6.30. The van der Waals surface area contributed by atoms with Crippen molar-refractivity contribution in [3.05, 3.63) is 53.7 Å². The Labute approximate surface area is 149 Å². The molecule has 2 aromatic rings. The number of morpholine rings is 1. The summed E-state index contributed by atoms with van der Waals surface area (Å²) >= 11 is 0. The van der Waals surface area contributed by atoms with E-state index in [4.69, 9.17) is 4.74 Å². The predicted octanol–water partition coefficient (Wildman–Crippen LogP) is 3.42. The van der Waals surface area contributed by atoms with E-state index in [-0.39, 0.29) is 5.75 Å². The van der Waals surface area contributed by atoms with Crippen LogP contribution in [0.2, 0.25) is 0 Å². The zero-order valence-corrected chi connectivity index (χ0v) is 14.1. The van der Waals surface area contributed by atoms with Crippen LogP contribution in [-0.2, 0) is 17.8 Å². The van der Waals surface area contributed by atoms with Crippen LogP contribution in [0, 0.1) is 0 Å². The molecule has 0 saturated carbocycles. The molecule has 1 fully saturated rings. The second kappa shape index (κ2) is 8.37. The first-order valence-electron chi connectivity index (χ1n) is 8.32. The molecule has 8 heteroatoms. The minimum atomic E-state index is -4.71. The Morgan fingerprint density at radius 3 is 2.46 bits per heavy atom. The van der Waals surface area contributed by atoms with Gasteiger partial charge in [0.1, 0.15) is 11.6 Å². The Hall–Kier alpha value is -2.32. The molecule has 1 aliphatic rings. The van der Waals surface area contributed by atoms with Gasteiger partial charge in [-0.25, -0.2) is 4.98 Å². The predicted molar refractivity (Wildman–Crippen MR) is 90.8 cm³/mol. The largest absolute Gasteiger partial charge is 0.573 e. The van der Waals surface area contributed by atoms with E-state index in [2.05, 4.69) is 26.0 Å². The average Bonchev–Trinajstić information content (AvgIpc) is 2.62. The first kappa shape index (κ1) is 18.5. The van der Waals surface area contributed by atoms with Crippen molar-refractivity contribution in [2.75, 3.05) is 31.6 Å². The molecule has 0 spiro atoms. The van der Waals surface area contributed by atoms with Gasteiger partial charge >= 0.3 is 6.36 Å². The van der Waals surface area contributed by atoms with Gasteiger partial charge in [-0.05, 0) is 23.3 Å². The topological polar surface area (TPSA) is 46.6 Å². The Balaban J connectivity index is 1.59. The van der Waals surface area contributed by atoms with Crippen molar-refractivity contribution >= 4 is 5.82 Å². The van der Waals surface area contributed by atoms with Crippen molar-refractivity contribution in [3.63, 3.8) is 0 Å². The van der Waals surface area contributed by atoms with Gasteiger partial charge in [0.15, 0.2) is 0 Å². The highest BCUT2D eigenvalue weighted by Gasteiger charge is 2.31. The molecule has 0 unspecified atom stereocenters. The fourth-order valence-electron chi connectivity index (χ4n) is 2.75. The van der Waals surface area contributed by atoms with Crippen molar-refractivity contribution < 1.29 is 22.6 Å². The van der Waals surface area contributed by atoms with Crippen LogP contribution in [0.3, 0.4) is 0 Å². The van der Waals surface area contributed by atoms with Gasteiger partial charge in [-0.1, -0.05) is 24.3 Å². The van der Waals surface area contributed by atoms with Gasteiger partial charge in [0.05, 0.1) is 19.4 Å². The molecule has 0 radical (unpaired) electrons. The van der Waals surface area contributed by atoms with Gasteiger partial charge in [0, 0.05) is 26.2 Å². The van der Waals surface area contributed by atoms with Crippen molar-refractivity contribution in [1.29, 1.82) is 0 Å². The van der Waals surface area contributed by atoms with E-state index in [9.17, 15) is 13.2 Å². The number of anilines is 1. The molecule has 1 aromatic carbocycles. The maximum Gasteiger partial charge on any atom is 0.573 e. The Bertz CT molecular complexity index is 702. The lowest BCUT2D eigenvalue weighted by molar-refractivity contribution is -0.274. The fraction of sp³-hybridized carbons (Fsp3) is 0.389. The van der Waals surface area contributed by atoms with Crippen LogP contribution in [0.4, 0.5) is 19.0 Å². The lowest BCUT2D eigenvalue weighted by atomic mass is 10.1. The van der Waals surface area contributed by atoms with Crippen molar-refractivity contribution in [3.8, 4) is 5.75 Å². The van der Waals surface area contributed by atoms with Gasteiger partial charge < -0.3 is 14.8 Å². The minimum absolute atomic E-state index is 0.337. The molecule has 0 bridgehead atoms. The zero-order chi connectivity index (χ0) is 18.4. The maximum absolute atomic E-state index is 12.2. The van der Waals surface area contributed by atoms with Gasteiger partial charge in [-0.3, -0.25) is 4.90 Å². The molecule has 0 atom stereocenters. The number of aromatic nitrogens is 1. The molecule has 1 N–H and O–H groups in total. The number of nitrogens with one attached hydrogen (secondary N) is 1. The van der Waals surface area contributed by atoms with E-state index in [1.807, 2.05) is 18.2 Å². The van der Waals surface area contributed by atoms with Crippen LogP contribution >= 0.6 is 0 Å². The lowest BCUT2D eigenvalue weighted by Crippen LogP contribution is -2.35. The normalized spacial score (nSPS) is 15.7. The first-order chi connectivity index (χ1) is 12.5. The molecule has 140 valence electrons. The van der Waals surface area contributed by atoms with Crippen molar-refractivity contribution in [2.45, 2.75) is 19.5 Å². The highest BCUT2D eigenvalue weighted by molar-refractivity contribution is 5.39. The maximum atomic E-state index is 12.2. The quantitative estimate of drug-likeness (QED) is 0.848. The molecular formula is C18H20F3N3O2. The number of pyridine rings is 1. The summed E-state index contributed by atoms with van der Waals surface area (Å²) in [6.07, 6.45) is -3.66. The second-order valence-corrected chi connectivity index (χ2v) is 5.94. The number of alkyl halides is 3. The molecule has 2 heterocycles. The second-order valence-electron chi connectivity index (χ2n) is 5.94. The molecule has 0 aliphatic carbocycles. The number of benzene rings is 1. The Morgan fingerprint density at radius 2 is 1.81 bits per heavy atom. The monoisotopic (exact) mass is 367 g/mol. The first-order valence-corrected chi connectivity index (χ1v) is 8.32. The summed E-state index contributed by atoms with van der Waals surface area (Å²) in [5, 5.41) is 3.14. The molecule has 0 amide bonds. The van der Waals surface area contributed by atoms with Crippen LogP contribution < -0.4 is 10.1 Å². The van der Waals surface area contributed by atoms with Gasteiger partial charge in [-0.15, -0.1) is 13.2 Å². The molecule has 26 heavy (non-hydrogen) atoms. The van der Waals surface area contributed by atoms with E-state index in [1.54, 1.807) is 0 Å². The molecule has 1 saturated heterocycles. The summed E-state index contributed by atoms with van der Waals surface area (Å²) in [5.74, 6) is 0.150. The van der Waals surface area contributed by atoms with Crippen molar-refractivity contribution in [1.82, 2.24) is 9.88 Å². The van der Waals surface area contributed by atoms with Crippen molar-refractivity contribution in [2.24, 2.45) is 0 Å². The highest BCUT2D eigenvalue weighted by Crippen LogP contribution is 2.23. The van der Waals surface area contributed by atoms with Crippen LogP contribution in [-0.4, -0.2) is 42.5 Å². The number of halogens is 3. The smallest absolute Gasteiger partial charge is 0.404 e. The third-order valence-corrected chi connectivity index (χ3v) is 4.05. The summed E-state index contributed by atoms with van der Waals surface area (Å²) in [6.45, 7) is 4.68. The summed E-state index contributed by atoms with van der Waals surface area (Å²) in [6, 6.07) is 10.8. The molecule has 1 aliphatic heterocycles. The molecular weight excluding hydrogens is 347 g/mol. The van der Waals surface area contributed by atoms with E-state index >= 15 is 0 Å². The van der Waals surface area contributed by atoms with Crippen LogP contribution in [0.1, 0.15) is 11.1 Å². The number of ether oxygens (including phenoxy) is 2. The summed E-state index contributed by atoms with van der Waals surface area (Å²) in [5.41, 5.74) is 2.33. The number of hydrogen-bond acceptors (Lipinski definition) is 5. The van der Waals surface area contributed by atoms with Crippen LogP contribution in [0.5, 0.6) is 5.75 Å². The third-order valence-electron chi connectivity index (χ3n) is 4.05. The van der Waals surface area contributed by atoms with Crippen LogP contribution in [0.15, 0.2) is 42.6 Å². The highest BCUT2D eigenvalue weighted by atomic mass is 19.4.